The second-order valence-corrected chi connectivity index (χ2v) is 4.94. The van der Waals surface area contributed by atoms with E-state index < -0.39 is 0 Å². The summed E-state index contributed by atoms with van der Waals surface area (Å²) in [7, 11) is 0. The van der Waals surface area contributed by atoms with E-state index >= 15 is 0 Å². The second kappa shape index (κ2) is 5.10. The first kappa shape index (κ1) is 12.7. The number of nitrogens with one attached hydrogen (secondary N) is 1. The van der Waals surface area contributed by atoms with Crippen LogP contribution in [-0.4, -0.2) is 12.1 Å². The Morgan fingerprint density at radius 1 is 1.31 bits per heavy atom. The molecule has 0 atom stereocenters. The van der Waals surface area contributed by atoms with Crippen molar-refractivity contribution in [3.8, 4) is 5.75 Å². The van der Waals surface area contributed by atoms with Crippen molar-refractivity contribution in [3.63, 3.8) is 0 Å². The Balaban J connectivity index is 2.86. The summed E-state index contributed by atoms with van der Waals surface area (Å²) in [5, 5.41) is 3.36. The first-order valence-corrected chi connectivity index (χ1v) is 5.73. The molecule has 0 aliphatic carbocycles. The number of anilines is 2. The number of ether oxygens (including phenoxy) is 1. The van der Waals surface area contributed by atoms with Crippen molar-refractivity contribution in [2.45, 2.75) is 39.7 Å². The van der Waals surface area contributed by atoms with Gasteiger partial charge in [-0.2, -0.15) is 0 Å². The van der Waals surface area contributed by atoms with Crippen molar-refractivity contribution < 1.29 is 4.74 Å². The predicted octanol–water partition coefficient (Wildman–Crippen LogP) is 3.27. The lowest BCUT2D eigenvalue weighted by Crippen LogP contribution is -2.26. The van der Waals surface area contributed by atoms with Crippen molar-refractivity contribution in [2.75, 3.05) is 17.7 Å². The van der Waals surface area contributed by atoms with Crippen LogP contribution in [0.5, 0.6) is 5.75 Å². The monoisotopic (exact) mass is 222 g/mol. The molecule has 3 heteroatoms. The molecule has 3 nitrogen and oxygen atoms in total. The van der Waals surface area contributed by atoms with Crippen LogP contribution in [0.25, 0.3) is 0 Å². The van der Waals surface area contributed by atoms with E-state index in [0.717, 1.165) is 17.9 Å². The van der Waals surface area contributed by atoms with Crippen molar-refractivity contribution in [2.24, 2.45) is 0 Å². The molecule has 0 saturated carbocycles. The molecule has 0 radical (unpaired) electrons. The summed E-state index contributed by atoms with van der Waals surface area (Å²) in [6, 6.07) is 5.83. The molecule has 0 bridgehead atoms. The molecule has 0 unspecified atom stereocenters. The SMILES string of the molecule is CCCOc1cccc(NC(C)(C)C)c1N. The number of nitrogen functional groups attached to an aromatic ring is 1. The average molecular weight is 222 g/mol. The molecule has 1 aromatic rings. The Morgan fingerprint density at radius 3 is 2.56 bits per heavy atom. The fourth-order valence-electron chi connectivity index (χ4n) is 1.39. The van der Waals surface area contributed by atoms with Crippen LogP contribution in [0.3, 0.4) is 0 Å². The molecule has 0 spiro atoms. The molecule has 0 amide bonds. The summed E-state index contributed by atoms with van der Waals surface area (Å²) in [4.78, 5) is 0. The van der Waals surface area contributed by atoms with Gasteiger partial charge in [-0.3, -0.25) is 0 Å². The van der Waals surface area contributed by atoms with E-state index in [1.54, 1.807) is 0 Å². The molecule has 1 aromatic carbocycles. The molecule has 16 heavy (non-hydrogen) atoms. The molecule has 3 N–H and O–H groups in total. The van der Waals surface area contributed by atoms with Gasteiger partial charge in [-0.15, -0.1) is 0 Å². The number of hydrogen-bond acceptors (Lipinski definition) is 3. The molecule has 0 aliphatic rings. The van der Waals surface area contributed by atoms with Crippen molar-refractivity contribution in [1.82, 2.24) is 0 Å². The van der Waals surface area contributed by atoms with Crippen LogP contribution in [0.4, 0.5) is 11.4 Å². The molecule has 90 valence electrons. The zero-order valence-electron chi connectivity index (χ0n) is 10.6. The largest absolute Gasteiger partial charge is 0.491 e. The van der Waals surface area contributed by atoms with Gasteiger partial charge < -0.3 is 15.8 Å². The second-order valence-electron chi connectivity index (χ2n) is 4.94. The van der Waals surface area contributed by atoms with E-state index in [1.807, 2.05) is 18.2 Å². The van der Waals surface area contributed by atoms with E-state index in [9.17, 15) is 0 Å². The zero-order chi connectivity index (χ0) is 12.2. The smallest absolute Gasteiger partial charge is 0.144 e. The van der Waals surface area contributed by atoms with E-state index in [-0.39, 0.29) is 5.54 Å². The number of nitrogens with two attached hydrogens (primary N) is 1. The summed E-state index contributed by atoms with van der Waals surface area (Å²) in [5.41, 5.74) is 7.66. The first-order valence-electron chi connectivity index (χ1n) is 5.73. The van der Waals surface area contributed by atoms with Gasteiger partial charge in [-0.1, -0.05) is 13.0 Å². The van der Waals surface area contributed by atoms with E-state index in [4.69, 9.17) is 10.5 Å². The van der Waals surface area contributed by atoms with Crippen molar-refractivity contribution >= 4 is 11.4 Å². The lowest BCUT2D eigenvalue weighted by Gasteiger charge is -2.24. The third kappa shape index (κ3) is 3.65. The van der Waals surface area contributed by atoms with Gasteiger partial charge >= 0.3 is 0 Å². The van der Waals surface area contributed by atoms with Gasteiger partial charge in [0.2, 0.25) is 0 Å². The fraction of sp³-hybridized carbons (Fsp3) is 0.538. The first-order chi connectivity index (χ1) is 7.44. The molecule has 0 aromatic heterocycles. The van der Waals surface area contributed by atoms with Crippen LogP contribution in [0.15, 0.2) is 18.2 Å². The summed E-state index contributed by atoms with van der Waals surface area (Å²) >= 11 is 0. The van der Waals surface area contributed by atoms with Gasteiger partial charge in [0, 0.05) is 5.54 Å². The lowest BCUT2D eigenvalue weighted by atomic mass is 10.1. The molecule has 0 fully saturated rings. The maximum Gasteiger partial charge on any atom is 0.144 e. The van der Waals surface area contributed by atoms with Gasteiger partial charge in [-0.25, -0.2) is 0 Å². The zero-order valence-corrected chi connectivity index (χ0v) is 10.6. The van der Waals surface area contributed by atoms with Gasteiger partial charge in [0.05, 0.1) is 18.0 Å². The third-order valence-corrected chi connectivity index (χ3v) is 2.04. The minimum atomic E-state index is -0.00248. The molecular weight excluding hydrogens is 200 g/mol. The average Bonchev–Trinajstić information content (AvgIpc) is 2.17. The van der Waals surface area contributed by atoms with Crippen LogP contribution in [0.2, 0.25) is 0 Å². The summed E-state index contributed by atoms with van der Waals surface area (Å²) in [6.45, 7) is 9.08. The van der Waals surface area contributed by atoms with Gasteiger partial charge in [-0.05, 0) is 39.3 Å². The van der Waals surface area contributed by atoms with Crippen LogP contribution < -0.4 is 15.8 Å². The summed E-state index contributed by atoms with van der Waals surface area (Å²) in [6.07, 6.45) is 0.983. The molecule has 0 heterocycles. The summed E-state index contributed by atoms with van der Waals surface area (Å²) in [5.74, 6) is 0.760. The van der Waals surface area contributed by atoms with Gasteiger partial charge in [0.1, 0.15) is 5.75 Å². The molecule has 1 rings (SSSR count). The van der Waals surface area contributed by atoms with Gasteiger partial charge in [0.25, 0.3) is 0 Å². The Hall–Kier alpha value is -1.38. The van der Waals surface area contributed by atoms with Crippen LogP contribution >= 0.6 is 0 Å². The Kier molecular flexibility index (Phi) is 4.05. The predicted molar refractivity (Wildman–Crippen MR) is 70.0 cm³/mol. The maximum atomic E-state index is 6.04. The number of hydrogen-bond donors (Lipinski definition) is 2. The minimum Gasteiger partial charge on any atom is -0.491 e. The van der Waals surface area contributed by atoms with Crippen molar-refractivity contribution in [3.05, 3.63) is 18.2 Å². The van der Waals surface area contributed by atoms with Crippen molar-refractivity contribution in [1.29, 1.82) is 0 Å². The third-order valence-electron chi connectivity index (χ3n) is 2.04. The highest BCUT2D eigenvalue weighted by molar-refractivity contribution is 5.73. The van der Waals surface area contributed by atoms with E-state index in [0.29, 0.717) is 12.3 Å². The number of benzene rings is 1. The lowest BCUT2D eigenvalue weighted by molar-refractivity contribution is 0.319. The topological polar surface area (TPSA) is 47.3 Å². The quantitative estimate of drug-likeness (QED) is 0.769. The number of para-hydroxylation sites is 1. The van der Waals surface area contributed by atoms with E-state index in [1.165, 1.54) is 0 Å². The minimum absolute atomic E-state index is 0.00248. The Bertz CT molecular complexity index is 342. The number of rotatable bonds is 4. The highest BCUT2D eigenvalue weighted by Crippen LogP contribution is 2.31. The normalized spacial score (nSPS) is 11.2. The van der Waals surface area contributed by atoms with Crippen LogP contribution in [0.1, 0.15) is 34.1 Å². The Morgan fingerprint density at radius 2 is 2.00 bits per heavy atom. The highest BCUT2D eigenvalue weighted by Gasteiger charge is 2.13. The maximum absolute atomic E-state index is 6.04. The molecular formula is C13H22N2O. The standard InChI is InChI=1S/C13H22N2O/c1-5-9-16-11-8-6-7-10(12(11)14)15-13(2,3)4/h6-8,15H,5,9,14H2,1-4H3. The fourth-order valence-corrected chi connectivity index (χ4v) is 1.39. The summed E-state index contributed by atoms with van der Waals surface area (Å²) < 4.78 is 5.58. The van der Waals surface area contributed by atoms with Crippen LogP contribution in [-0.2, 0) is 0 Å². The van der Waals surface area contributed by atoms with Gasteiger partial charge in [0.15, 0.2) is 0 Å². The highest BCUT2D eigenvalue weighted by atomic mass is 16.5. The Labute approximate surface area is 98.0 Å². The van der Waals surface area contributed by atoms with Crippen LogP contribution in [0, 0.1) is 0 Å². The van der Waals surface area contributed by atoms with E-state index in [2.05, 4.69) is 33.0 Å². The molecule has 0 saturated heterocycles. The molecule has 0 aliphatic heterocycles.